The predicted octanol–water partition coefficient (Wildman–Crippen LogP) is 2.58. The molecule has 2 rings (SSSR count). The summed E-state index contributed by atoms with van der Waals surface area (Å²) < 4.78 is 34.1. The van der Waals surface area contributed by atoms with E-state index in [4.69, 9.17) is 9.47 Å². The molecule has 1 fully saturated rings. The van der Waals surface area contributed by atoms with E-state index in [-0.39, 0.29) is 34.5 Å². The number of thioether (sulfide) groups is 1. The predicted molar refractivity (Wildman–Crippen MR) is 105 cm³/mol. The summed E-state index contributed by atoms with van der Waals surface area (Å²) in [5.74, 6) is 1.93. The van der Waals surface area contributed by atoms with Crippen LogP contribution in [0, 0.1) is 0 Å². The topological polar surface area (TPSA) is 81.7 Å². The molecule has 0 radical (unpaired) electrons. The zero-order valence-corrected chi connectivity index (χ0v) is 17.1. The summed E-state index contributed by atoms with van der Waals surface area (Å²) in [5.41, 5.74) is 0.929. The third-order valence-corrected chi connectivity index (χ3v) is 7.37. The van der Waals surface area contributed by atoms with Crippen molar-refractivity contribution in [1.29, 1.82) is 0 Å². The van der Waals surface area contributed by atoms with Gasteiger partial charge < -0.3 is 14.8 Å². The second kappa shape index (κ2) is 9.50. The first kappa shape index (κ1) is 20.9. The molecule has 6 nitrogen and oxygen atoms in total. The highest BCUT2D eigenvalue weighted by Gasteiger charge is 2.28. The molecule has 1 heterocycles. The van der Waals surface area contributed by atoms with Crippen LogP contribution in [0.15, 0.2) is 18.2 Å². The molecule has 0 saturated carbocycles. The minimum absolute atomic E-state index is 0.0242. The van der Waals surface area contributed by atoms with Crippen LogP contribution in [0.3, 0.4) is 0 Å². The van der Waals surface area contributed by atoms with E-state index in [1.807, 2.05) is 39.0 Å². The molecule has 1 N–H and O–H groups in total. The third kappa shape index (κ3) is 6.09. The maximum atomic E-state index is 12.2. The van der Waals surface area contributed by atoms with Crippen LogP contribution in [-0.2, 0) is 14.6 Å². The van der Waals surface area contributed by atoms with Gasteiger partial charge in [-0.15, -0.1) is 11.8 Å². The molecule has 1 aromatic rings. The Balaban J connectivity index is 1.90. The van der Waals surface area contributed by atoms with Crippen LogP contribution in [-0.4, -0.2) is 50.0 Å². The zero-order chi connectivity index (χ0) is 19.2. The summed E-state index contributed by atoms with van der Waals surface area (Å²) in [7, 11) is -2.91. The van der Waals surface area contributed by atoms with Gasteiger partial charge in [0, 0.05) is 5.25 Å². The molecule has 8 heteroatoms. The maximum Gasteiger partial charge on any atom is 0.230 e. The lowest BCUT2D eigenvalue weighted by atomic mass is 10.1. The Kier molecular flexibility index (Phi) is 7.64. The number of nitrogens with one attached hydrogen (secondary N) is 1. The largest absolute Gasteiger partial charge is 0.490 e. The minimum atomic E-state index is -2.91. The molecule has 146 valence electrons. The molecule has 1 aliphatic heterocycles. The van der Waals surface area contributed by atoms with Crippen LogP contribution in [0.25, 0.3) is 0 Å². The van der Waals surface area contributed by atoms with Crippen molar-refractivity contribution in [3.63, 3.8) is 0 Å². The highest BCUT2D eigenvalue weighted by Crippen LogP contribution is 2.31. The third-order valence-electron chi connectivity index (χ3n) is 4.09. The average molecular weight is 402 g/mol. The van der Waals surface area contributed by atoms with Crippen molar-refractivity contribution in [3.8, 4) is 11.5 Å². The van der Waals surface area contributed by atoms with Gasteiger partial charge in [-0.3, -0.25) is 4.79 Å². The Hall–Kier alpha value is -1.41. The smallest absolute Gasteiger partial charge is 0.230 e. The second-order valence-corrected chi connectivity index (χ2v) is 9.71. The first-order valence-corrected chi connectivity index (χ1v) is 11.7. The van der Waals surface area contributed by atoms with E-state index in [9.17, 15) is 13.2 Å². The molecule has 0 bridgehead atoms. The number of carbonyl (C=O) groups is 1. The molecule has 1 saturated heterocycles. The number of amides is 1. The molecule has 26 heavy (non-hydrogen) atoms. The highest BCUT2D eigenvalue weighted by atomic mass is 32.2. The molecular formula is C18H27NO5S2. The van der Waals surface area contributed by atoms with Crippen LogP contribution in [0.2, 0.25) is 0 Å². The molecule has 0 spiro atoms. The molecule has 0 aliphatic carbocycles. The molecule has 0 aromatic heterocycles. The van der Waals surface area contributed by atoms with E-state index in [2.05, 4.69) is 5.32 Å². The summed E-state index contributed by atoms with van der Waals surface area (Å²) in [4.78, 5) is 12.2. The number of ether oxygens (including phenoxy) is 2. The van der Waals surface area contributed by atoms with Gasteiger partial charge in [-0.25, -0.2) is 8.42 Å². The van der Waals surface area contributed by atoms with Gasteiger partial charge >= 0.3 is 0 Å². The molecular weight excluding hydrogens is 374 g/mol. The number of benzene rings is 1. The van der Waals surface area contributed by atoms with Crippen LogP contribution >= 0.6 is 11.8 Å². The zero-order valence-electron chi connectivity index (χ0n) is 15.5. The van der Waals surface area contributed by atoms with Crippen molar-refractivity contribution in [1.82, 2.24) is 5.32 Å². The Morgan fingerprint density at radius 2 is 1.96 bits per heavy atom. The van der Waals surface area contributed by atoms with Crippen LogP contribution in [0.5, 0.6) is 11.5 Å². The van der Waals surface area contributed by atoms with Gasteiger partial charge in [0.2, 0.25) is 5.91 Å². The fourth-order valence-electron chi connectivity index (χ4n) is 2.79. The first-order valence-electron chi connectivity index (χ1n) is 8.85. The fraction of sp³-hybridized carbons (Fsp3) is 0.611. The summed E-state index contributed by atoms with van der Waals surface area (Å²) >= 11 is 1.42. The van der Waals surface area contributed by atoms with Gasteiger partial charge in [-0.1, -0.05) is 6.07 Å². The monoisotopic (exact) mass is 401 g/mol. The van der Waals surface area contributed by atoms with Gasteiger partial charge in [-0.2, -0.15) is 0 Å². The Labute approximate surface area is 159 Å². The standard InChI is InChI=1S/C18H27NO5S2/c1-4-23-16-7-6-14(10-17(16)24-5-2)13(3)19-18(20)11-25-15-8-9-26(21,22)12-15/h6-7,10,13,15H,4-5,8-9,11-12H2,1-3H3,(H,19,20)/t13-,15+/m0/s1. The molecule has 1 aromatic carbocycles. The lowest BCUT2D eigenvalue weighted by Gasteiger charge is -2.18. The highest BCUT2D eigenvalue weighted by molar-refractivity contribution is 8.02. The average Bonchev–Trinajstić information content (AvgIpc) is 2.94. The van der Waals surface area contributed by atoms with Crippen LogP contribution < -0.4 is 14.8 Å². The summed E-state index contributed by atoms with van der Waals surface area (Å²) in [6.45, 7) is 6.83. The maximum absolute atomic E-state index is 12.2. The van der Waals surface area contributed by atoms with E-state index in [0.717, 1.165) is 5.56 Å². The summed E-state index contributed by atoms with van der Waals surface area (Å²) in [6, 6.07) is 5.47. The number of carbonyl (C=O) groups excluding carboxylic acids is 1. The lowest BCUT2D eigenvalue weighted by Crippen LogP contribution is -2.29. The van der Waals surface area contributed by atoms with E-state index in [0.29, 0.717) is 31.1 Å². The van der Waals surface area contributed by atoms with E-state index >= 15 is 0 Å². The van der Waals surface area contributed by atoms with E-state index in [1.165, 1.54) is 11.8 Å². The lowest BCUT2D eigenvalue weighted by molar-refractivity contribution is -0.119. The van der Waals surface area contributed by atoms with Gasteiger partial charge in [0.25, 0.3) is 0 Å². The van der Waals surface area contributed by atoms with Crippen LogP contribution in [0.1, 0.15) is 38.8 Å². The number of hydrogen-bond donors (Lipinski definition) is 1. The normalized spacial score (nSPS) is 19.7. The van der Waals surface area contributed by atoms with Gasteiger partial charge in [0.1, 0.15) is 0 Å². The Bertz CT molecular complexity index is 720. The summed E-state index contributed by atoms with van der Waals surface area (Å²) in [6.07, 6.45) is 0.631. The molecule has 0 unspecified atom stereocenters. The second-order valence-electron chi connectivity index (χ2n) is 6.20. The van der Waals surface area contributed by atoms with Crippen molar-refractivity contribution in [2.24, 2.45) is 0 Å². The Morgan fingerprint density at radius 1 is 1.27 bits per heavy atom. The van der Waals surface area contributed by atoms with E-state index < -0.39 is 9.84 Å². The number of sulfone groups is 1. The molecule has 1 aliphatic rings. The quantitative estimate of drug-likeness (QED) is 0.685. The fourth-order valence-corrected chi connectivity index (χ4v) is 6.24. The SMILES string of the molecule is CCOc1ccc([C@H](C)NC(=O)CS[C@@H]2CCS(=O)(=O)C2)cc1OCC. The molecule has 2 atom stereocenters. The van der Waals surface area contributed by atoms with Crippen molar-refractivity contribution >= 4 is 27.5 Å². The Morgan fingerprint density at radius 3 is 2.58 bits per heavy atom. The summed E-state index contributed by atoms with van der Waals surface area (Å²) in [5, 5.41) is 2.98. The van der Waals surface area contributed by atoms with Gasteiger partial charge in [0.15, 0.2) is 21.3 Å². The van der Waals surface area contributed by atoms with Crippen molar-refractivity contribution in [2.75, 3.05) is 30.5 Å². The number of rotatable bonds is 9. The van der Waals surface area contributed by atoms with Gasteiger partial charge in [-0.05, 0) is 44.9 Å². The first-order chi connectivity index (χ1) is 12.3. The minimum Gasteiger partial charge on any atom is -0.490 e. The van der Waals surface area contributed by atoms with Crippen molar-refractivity contribution in [3.05, 3.63) is 23.8 Å². The van der Waals surface area contributed by atoms with Gasteiger partial charge in [0.05, 0.1) is 36.5 Å². The molecule has 1 amide bonds. The van der Waals surface area contributed by atoms with Crippen molar-refractivity contribution in [2.45, 2.75) is 38.5 Å². The number of hydrogen-bond acceptors (Lipinski definition) is 6. The van der Waals surface area contributed by atoms with Crippen LogP contribution in [0.4, 0.5) is 0 Å². The van der Waals surface area contributed by atoms with E-state index in [1.54, 1.807) is 0 Å². The van der Waals surface area contributed by atoms with Crippen molar-refractivity contribution < 1.29 is 22.7 Å².